The van der Waals surface area contributed by atoms with E-state index in [4.69, 9.17) is 5.11 Å². The van der Waals surface area contributed by atoms with Crippen molar-refractivity contribution in [2.45, 2.75) is 0 Å². The molecule has 0 heterocycles. The Hall–Kier alpha value is -3.42. The number of carbonyl (C=O) groups excluding carboxylic acids is 1. The number of carboxylic acids is 1. The van der Waals surface area contributed by atoms with E-state index in [9.17, 15) is 24.8 Å². The summed E-state index contributed by atoms with van der Waals surface area (Å²) in [5.74, 6) is -2.57. The molecule has 22 heavy (non-hydrogen) atoms. The number of carboxylic acid groups (broad SMARTS) is 1. The van der Waals surface area contributed by atoms with Crippen molar-refractivity contribution < 1.29 is 24.7 Å². The van der Waals surface area contributed by atoms with Gasteiger partial charge in [0.1, 0.15) is 0 Å². The Morgan fingerprint density at radius 2 is 1.82 bits per heavy atom. The minimum absolute atomic E-state index is 0.201. The third-order valence-electron chi connectivity index (χ3n) is 2.78. The second-order valence-electron chi connectivity index (χ2n) is 4.27. The first-order chi connectivity index (χ1) is 10.4. The van der Waals surface area contributed by atoms with Gasteiger partial charge in [0.15, 0.2) is 0 Å². The maximum atomic E-state index is 12.1. The van der Waals surface area contributed by atoms with Crippen LogP contribution in [0, 0.1) is 10.1 Å². The number of hydrogen-bond acceptors (Lipinski definition) is 5. The molecule has 0 aliphatic heterocycles. The summed E-state index contributed by atoms with van der Waals surface area (Å²) in [6.07, 6.45) is 0. The van der Waals surface area contributed by atoms with Gasteiger partial charge in [0.2, 0.25) is 0 Å². The quantitative estimate of drug-likeness (QED) is 0.651. The summed E-state index contributed by atoms with van der Waals surface area (Å²) in [5, 5.41) is 33.3. The number of anilines is 1. The Balaban J connectivity index is 2.36. The molecule has 2 rings (SSSR count). The van der Waals surface area contributed by atoms with Crippen molar-refractivity contribution in [1.82, 2.24) is 0 Å². The van der Waals surface area contributed by atoms with Gasteiger partial charge in [-0.3, -0.25) is 14.9 Å². The predicted octanol–water partition coefficient (Wildman–Crippen LogP) is 1.62. The van der Waals surface area contributed by atoms with Gasteiger partial charge in [-0.05, 0) is 18.2 Å². The van der Waals surface area contributed by atoms with E-state index < -0.39 is 28.1 Å². The predicted molar refractivity (Wildman–Crippen MR) is 73.9 cm³/mol. The Bertz CT molecular complexity index is 772. The maximum Gasteiger partial charge on any atom is 0.336 e. The van der Waals surface area contributed by atoms with Crippen molar-refractivity contribution in [3.05, 3.63) is 63.7 Å². The van der Waals surface area contributed by atoms with Crippen molar-refractivity contribution in [3.63, 3.8) is 0 Å². The van der Waals surface area contributed by atoms with E-state index in [2.05, 4.69) is 5.32 Å². The number of hydrogen-bond donors (Lipinski definition) is 2. The first-order valence-corrected chi connectivity index (χ1v) is 5.98. The number of carbonyl (C=O) groups is 2. The van der Waals surface area contributed by atoms with E-state index >= 15 is 0 Å². The highest BCUT2D eigenvalue weighted by atomic mass is 16.6. The van der Waals surface area contributed by atoms with Gasteiger partial charge in [0.25, 0.3) is 11.6 Å². The fourth-order valence-corrected chi connectivity index (χ4v) is 1.79. The lowest BCUT2D eigenvalue weighted by Gasteiger charge is -2.10. The fraction of sp³-hybridized carbons (Fsp3) is 0. The number of benzene rings is 2. The molecular formula is C14H9N2O6-. The Labute approximate surface area is 123 Å². The zero-order valence-electron chi connectivity index (χ0n) is 11.0. The summed E-state index contributed by atoms with van der Waals surface area (Å²) in [5.41, 5.74) is -0.970. The van der Waals surface area contributed by atoms with Crippen LogP contribution in [0.2, 0.25) is 0 Å². The normalized spacial score (nSPS) is 10.0. The molecule has 0 bridgehead atoms. The number of nitrogens with zero attached hydrogens (tertiary/aromatic N) is 1. The molecule has 2 aromatic carbocycles. The summed E-state index contributed by atoms with van der Waals surface area (Å²) < 4.78 is 0. The van der Waals surface area contributed by atoms with Crippen LogP contribution in [-0.4, -0.2) is 21.9 Å². The summed E-state index contributed by atoms with van der Waals surface area (Å²) >= 11 is 0. The first-order valence-electron chi connectivity index (χ1n) is 5.98. The molecule has 0 aliphatic rings. The summed E-state index contributed by atoms with van der Waals surface area (Å²) in [6.45, 7) is 0. The lowest BCUT2D eigenvalue weighted by Crippen LogP contribution is -2.16. The Morgan fingerprint density at radius 3 is 2.41 bits per heavy atom. The van der Waals surface area contributed by atoms with Crippen LogP contribution in [0.25, 0.3) is 0 Å². The summed E-state index contributed by atoms with van der Waals surface area (Å²) in [6, 6.07) is 8.26. The van der Waals surface area contributed by atoms with E-state index in [0.29, 0.717) is 0 Å². The molecule has 0 aromatic heterocycles. The Kier molecular flexibility index (Phi) is 4.03. The van der Waals surface area contributed by atoms with E-state index in [0.717, 1.165) is 18.2 Å². The second kappa shape index (κ2) is 5.92. The highest BCUT2D eigenvalue weighted by Crippen LogP contribution is 2.20. The van der Waals surface area contributed by atoms with Crippen LogP contribution in [0.4, 0.5) is 11.4 Å². The van der Waals surface area contributed by atoms with Crippen molar-refractivity contribution in [1.29, 1.82) is 0 Å². The minimum atomic E-state index is -1.47. The smallest absolute Gasteiger partial charge is 0.336 e. The number of nitro groups is 1. The lowest BCUT2D eigenvalue weighted by atomic mass is 10.1. The number of nitrogens with one attached hydrogen (secondary N) is 1. The highest BCUT2D eigenvalue weighted by Gasteiger charge is 2.20. The van der Waals surface area contributed by atoms with E-state index in [1.807, 2.05) is 0 Å². The largest absolute Gasteiger partial charge is 0.872 e. The van der Waals surface area contributed by atoms with Crippen LogP contribution in [0.15, 0.2) is 42.5 Å². The monoisotopic (exact) mass is 301 g/mol. The van der Waals surface area contributed by atoms with Gasteiger partial charge in [0, 0.05) is 17.8 Å². The molecule has 0 radical (unpaired) electrons. The van der Waals surface area contributed by atoms with Gasteiger partial charge in [-0.1, -0.05) is 12.1 Å². The van der Waals surface area contributed by atoms with Crippen LogP contribution in [0.5, 0.6) is 5.75 Å². The average molecular weight is 301 g/mol. The zero-order valence-corrected chi connectivity index (χ0v) is 11.0. The van der Waals surface area contributed by atoms with Gasteiger partial charge in [-0.25, -0.2) is 4.79 Å². The van der Waals surface area contributed by atoms with Crippen molar-refractivity contribution in [2.75, 3.05) is 5.32 Å². The third-order valence-corrected chi connectivity index (χ3v) is 2.78. The fourth-order valence-electron chi connectivity index (χ4n) is 1.79. The standard InChI is InChI=1S/C14H10N2O6/c17-10-3-1-2-8(6-10)15-13(18)11-5-4-9(16(21)22)7-12(11)14(19)20/h1-7,17H,(H,15,18)(H,19,20)/p-1. The number of rotatable bonds is 4. The zero-order chi connectivity index (χ0) is 16.3. The van der Waals surface area contributed by atoms with E-state index in [-0.39, 0.29) is 17.0 Å². The van der Waals surface area contributed by atoms with Crippen LogP contribution in [-0.2, 0) is 0 Å². The topological polar surface area (TPSA) is 133 Å². The molecular weight excluding hydrogens is 292 g/mol. The minimum Gasteiger partial charge on any atom is -0.872 e. The number of aromatic carboxylic acids is 1. The molecule has 0 aliphatic carbocycles. The highest BCUT2D eigenvalue weighted by molar-refractivity contribution is 6.11. The van der Waals surface area contributed by atoms with Gasteiger partial charge in [-0.15, -0.1) is 5.75 Å². The number of amides is 1. The molecule has 2 aromatic rings. The number of non-ortho nitro benzene ring substituents is 1. The molecule has 112 valence electrons. The van der Waals surface area contributed by atoms with Gasteiger partial charge in [-0.2, -0.15) is 0 Å². The molecule has 1 amide bonds. The number of nitro benzene ring substituents is 1. The van der Waals surface area contributed by atoms with Gasteiger partial charge < -0.3 is 15.5 Å². The summed E-state index contributed by atoms with van der Waals surface area (Å²) in [4.78, 5) is 33.1. The molecule has 0 unspecified atom stereocenters. The average Bonchev–Trinajstić information content (AvgIpc) is 2.46. The SMILES string of the molecule is O=C(O)c1cc([N+](=O)[O-])ccc1C(=O)Nc1cccc([O-])c1. The molecule has 0 spiro atoms. The van der Waals surface area contributed by atoms with Crippen LogP contribution >= 0.6 is 0 Å². The molecule has 0 saturated carbocycles. The first kappa shape index (κ1) is 15.0. The van der Waals surface area contributed by atoms with Crippen LogP contribution in [0.3, 0.4) is 0 Å². The van der Waals surface area contributed by atoms with Crippen LogP contribution in [0.1, 0.15) is 20.7 Å². The lowest BCUT2D eigenvalue weighted by molar-refractivity contribution is -0.384. The summed E-state index contributed by atoms with van der Waals surface area (Å²) in [7, 11) is 0. The van der Waals surface area contributed by atoms with E-state index in [1.54, 1.807) is 0 Å². The van der Waals surface area contributed by atoms with Crippen LogP contribution < -0.4 is 10.4 Å². The molecule has 8 heteroatoms. The molecule has 8 nitrogen and oxygen atoms in total. The molecule has 0 atom stereocenters. The van der Waals surface area contributed by atoms with Crippen molar-refractivity contribution >= 4 is 23.3 Å². The third kappa shape index (κ3) is 3.18. The Morgan fingerprint density at radius 1 is 1.09 bits per heavy atom. The molecule has 0 saturated heterocycles. The van der Waals surface area contributed by atoms with Crippen molar-refractivity contribution in [3.8, 4) is 5.75 Å². The van der Waals surface area contributed by atoms with Gasteiger partial charge >= 0.3 is 5.97 Å². The van der Waals surface area contributed by atoms with E-state index in [1.165, 1.54) is 24.3 Å². The molecule has 2 N–H and O–H groups in total. The molecule has 0 fully saturated rings. The maximum absolute atomic E-state index is 12.1. The van der Waals surface area contributed by atoms with Crippen molar-refractivity contribution in [2.24, 2.45) is 0 Å². The van der Waals surface area contributed by atoms with Gasteiger partial charge in [0.05, 0.1) is 16.1 Å². The second-order valence-corrected chi connectivity index (χ2v) is 4.27.